The van der Waals surface area contributed by atoms with E-state index in [2.05, 4.69) is 6.92 Å². The zero-order chi connectivity index (χ0) is 16.9. The maximum absolute atomic E-state index is 12.6. The van der Waals surface area contributed by atoms with Crippen LogP contribution in [0.1, 0.15) is 18.1 Å². The number of thioether (sulfide) groups is 1. The van der Waals surface area contributed by atoms with E-state index in [0.717, 1.165) is 17.7 Å². The van der Waals surface area contributed by atoms with Crippen molar-refractivity contribution in [2.24, 2.45) is 0 Å². The Kier molecular flexibility index (Phi) is 5.28. The van der Waals surface area contributed by atoms with Gasteiger partial charge in [0, 0.05) is 0 Å². The summed E-state index contributed by atoms with van der Waals surface area (Å²) in [7, 11) is 0. The summed E-state index contributed by atoms with van der Waals surface area (Å²) in [6, 6.07) is 18.0. The van der Waals surface area contributed by atoms with Crippen LogP contribution in [0.25, 0.3) is 6.08 Å². The third-order valence-corrected chi connectivity index (χ3v) is 5.05. The Balaban J connectivity index is 1.78. The molecule has 0 N–H and O–H groups in total. The second kappa shape index (κ2) is 7.60. The molecule has 1 saturated heterocycles. The van der Waals surface area contributed by atoms with Gasteiger partial charge >= 0.3 is 0 Å². The monoisotopic (exact) mass is 351 g/mol. The van der Waals surface area contributed by atoms with Gasteiger partial charge in [-0.05, 0) is 35.8 Å². The van der Waals surface area contributed by atoms with E-state index in [1.807, 2.05) is 72.8 Å². The normalized spacial score (nSPS) is 16.5. The summed E-state index contributed by atoms with van der Waals surface area (Å²) in [5.41, 5.74) is 3.16. The lowest BCUT2D eigenvalue weighted by molar-refractivity contribution is -0.113. The van der Waals surface area contributed by atoms with Crippen molar-refractivity contribution in [3.05, 3.63) is 82.8 Å². The van der Waals surface area contributed by atoms with Crippen molar-refractivity contribution in [2.45, 2.75) is 13.3 Å². The van der Waals surface area contributed by atoms with Gasteiger partial charge in [0.15, 0.2) is 4.32 Å². The van der Waals surface area contributed by atoms with E-state index in [9.17, 15) is 4.79 Å². The topological polar surface area (TPSA) is 20.3 Å². The zero-order valence-corrected chi connectivity index (χ0v) is 14.9. The molecule has 1 aliphatic rings. The number of carbonyl (C=O) groups is 1. The number of thiocarbonyl (C=S) groups is 1. The molecule has 1 heterocycles. The van der Waals surface area contributed by atoms with E-state index >= 15 is 0 Å². The van der Waals surface area contributed by atoms with Crippen LogP contribution in [0.4, 0.5) is 5.69 Å². The molecule has 1 amide bonds. The van der Waals surface area contributed by atoms with Crippen LogP contribution in [0.3, 0.4) is 0 Å². The molecule has 24 heavy (non-hydrogen) atoms. The largest absolute Gasteiger partial charge is 0.270 e. The van der Waals surface area contributed by atoms with E-state index in [0.29, 0.717) is 9.23 Å². The van der Waals surface area contributed by atoms with E-state index in [1.54, 1.807) is 4.90 Å². The molecule has 0 aromatic heterocycles. The van der Waals surface area contributed by atoms with Crippen LogP contribution < -0.4 is 4.90 Å². The predicted molar refractivity (Wildman–Crippen MR) is 107 cm³/mol. The lowest BCUT2D eigenvalue weighted by Crippen LogP contribution is -2.27. The first-order valence-electron chi connectivity index (χ1n) is 7.77. The SMILES string of the molecule is CCc1ccc(N2C(=O)/C(=C/C=C/c3ccccc3)SC2=S)cc1. The second-order valence-electron chi connectivity index (χ2n) is 5.33. The molecule has 2 aromatic rings. The van der Waals surface area contributed by atoms with Crippen molar-refractivity contribution < 1.29 is 4.79 Å². The maximum atomic E-state index is 12.6. The molecule has 0 atom stereocenters. The molecular formula is C20H17NOS2. The average molecular weight is 351 g/mol. The highest BCUT2D eigenvalue weighted by molar-refractivity contribution is 8.27. The van der Waals surface area contributed by atoms with Gasteiger partial charge in [0.05, 0.1) is 10.6 Å². The van der Waals surface area contributed by atoms with Gasteiger partial charge in [-0.2, -0.15) is 0 Å². The fraction of sp³-hybridized carbons (Fsp3) is 0.100. The van der Waals surface area contributed by atoms with Gasteiger partial charge in [0.2, 0.25) is 0 Å². The number of nitrogens with zero attached hydrogens (tertiary/aromatic N) is 1. The number of allylic oxidation sites excluding steroid dienone is 2. The maximum Gasteiger partial charge on any atom is 0.270 e. The van der Waals surface area contributed by atoms with Gasteiger partial charge in [-0.25, -0.2) is 0 Å². The second-order valence-corrected chi connectivity index (χ2v) is 7.01. The van der Waals surface area contributed by atoms with E-state index in [1.165, 1.54) is 17.3 Å². The van der Waals surface area contributed by atoms with Gasteiger partial charge in [-0.1, -0.05) is 85.5 Å². The Morgan fingerprint density at radius 2 is 1.79 bits per heavy atom. The molecule has 120 valence electrons. The van der Waals surface area contributed by atoms with Crippen LogP contribution in [-0.2, 0) is 11.2 Å². The van der Waals surface area contributed by atoms with E-state index < -0.39 is 0 Å². The zero-order valence-electron chi connectivity index (χ0n) is 13.3. The van der Waals surface area contributed by atoms with Crippen molar-refractivity contribution in [2.75, 3.05) is 4.90 Å². The first-order chi connectivity index (χ1) is 11.7. The van der Waals surface area contributed by atoms with E-state index in [4.69, 9.17) is 12.2 Å². The van der Waals surface area contributed by atoms with Crippen LogP contribution >= 0.6 is 24.0 Å². The Morgan fingerprint density at radius 1 is 1.08 bits per heavy atom. The number of rotatable bonds is 4. The Hall–Kier alpha value is -2.17. The fourth-order valence-corrected chi connectivity index (χ4v) is 3.65. The lowest BCUT2D eigenvalue weighted by Gasteiger charge is -2.14. The number of amides is 1. The highest BCUT2D eigenvalue weighted by Crippen LogP contribution is 2.35. The minimum atomic E-state index is -0.0630. The number of carbonyl (C=O) groups excluding carboxylic acids is 1. The molecule has 0 spiro atoms. The molecule has 0 unspecified atom stereocenters. The van der Waals surface area contributed by atoms with Crippen molar-refractivity contribution in [3.63, 3.8) is 0 Å². The molecule has 4 heteroatoms. The first-order valence-corrected chi connectivity index (χ1v) is 9.00. The quantitative estimate of drug-likeness (QED) is 0.557. The van der Waals surface area contributed by atoms with Crippen molar-refractivity contribution in [3.8, 4) is 0 Å². The highest BCUT2D eigenvalue weighted by Gasteiger charge is 2.32. The minimum absolute atomic E-state index is 0.0630. The summed E-state index contributed by atoms with van der Waals surface area (Å²) in [6.07, 6.45) is 6.67. The van der Waals surface area contributed by atoms with Gasteiger partial charge in [-0.15, -0.1) is 0 Å². The molecule has 0 bridgehead atoms. The molecule has 3 rings (SSSR count). The molecule has 0 saturated carbocycles. The molecule has 0 aliphatic carbocycles. The summed E-state index contributed by atoms with van der Waals surface area (Å²) in [5.74, 6) is -0.0630. The van der Waals surface area contributed by atoms with Crippen LogP contribution in [-0.4, -0.2) is 10.2 Å². The molecule has 2 nitrogen and oxygen atoms in total. The first kappa shape index (κ1) is 16.7. The number of aryl methyl sites for hydroxylation is 1. The highest BCUT2D eigenvalue weighted by atomic mass is 32.2. The molecule has 1 aliphatic heterocycles. The van der Waals surface area contributed by atoms with Gasteiger partial charge < -0.3 is 0 Å². The van der Waals surface area contributed by atoms with Crippen molar-refractivity contribution >= 4 is 46.0 Å². The van der Waals surface area contributed by atoms with Crippen molar-refractivity contribution in [1.82, 2.24) is 0 Å². The Bertz CT molecular complexity index is 807. The van der Waals surface area contributed by atoms with Crippen LogP contribution in [0, 0.1) is 0 Å². The Morgan fingerprint density at radius 3 is 2.46 bits per heavy atom. The summed E-state index contributed by atoms with van der Waals surface area (Å²) in [6.45, 7) is 2.11. The molecule has 2 aromatic carbocycles. The van der Waals surface area contributed by atoms with Crippen LogP contribution in [0.5, 0.6) is 0 Å². The van der Waals surface area contributed by atoms with Gasteiger partial charge in [-0.3, -0.25) is 9.69 Å². The number of hydrogen-bond acceptors (Lipinski definition) is 3. The average Bonchev–Trinajstić information content (AvgIpc) is 2.90. The smallest absolute Gasteiger partial charge is 0.268 e. The third kappa shape index (κ3) is 3.66. The predicted octanol–water partition coefficient (Wildman–Crippen LogP) is 5.21. The van der Waals surface area contributed by atoms with Crippen LogP contribution in [0.15, 0.2) is 71.7 Å². The lowest BCUT2D eigenvalue weighted by atomic mass is 10.1. The Labute approximate surface area is 151 Å². The third-order valence-electron chi connectivity index (χ3n) is 3.73. The molecule has 0 radical (unpaired) electrons. The minimum Gasteiger partial charge on any atom is -0.268 e. The number of anilines is 1. The number of hydrogen-bond donors (Lipinski definition) is 0. The van der Waals surface area contributed by atoms with Crippen molar-refractivity contribution in [1.29, 1.82) is 0 Å². The standard InChI is InChI=1S/C20H17NOS2/c1-2-15-11-13-17(14-12-15)21-19(22)18(24-20(21)23)10-6-9-16-7-4-3-5-8-16/h3-14H,2H2,1H3/b9-6+,18-10-. The molecule has 1 fully saturated rings. The van der Waals surface area contributed by atoms with Crippen LogP contribution in [0.2, 0.25) is 0 Å². The van der Waals surface area contributed by atoms with E-state index in [-0.39, 0.29) is 5.91 Å². The van der Waals surface area contributed by atoms with Gasteiger partial charge in [0.1, 0.15) is 0 Å². The summed E-state index contributed by atoms with van der Waals surface area (Å²) in [4.78, 5) is 14.9. The number of benzene rings is 2. The fourth-order valence-electron chi connectivity index (χ4n) is 2.40. The molecular weight excluding hydrogens is 334 g/mol. The summed E-state index contributed by atoms with van der Waals surface area (Å²) >= 11 is 6.72. The summed E-state index contributed by atoms with van der Waals surface area (Å²) < 4.78 is 0.573. The van der Waals surface area contributed by atoms with Gasteiger partial charge in [0.25, 0.3) is 5.91 Å². The summed E-state index contributed by atoms with van der Waals surface area (Å²) in [5, 5.41) is 0.